The quantitative estimate of drug-likeness (QED) is 0.309. The van der Waals surface area contributed by atoms with E-state index in [0.717, 1.165) is 36.4 Å². The summed E-state index contributed by atoms with van der Waals surface area (Å²) in [5, 5.41) is 26.6. The minimum absolute atomic E-state index is 0.152. The van der Waals surface area contributed by atoms with E-state index in [1.165, 1.54) is 12.0 Å². The number of hydrogen-bond donors (Lipinski definition) is 2. The van der Waals surface area contributed by atoms with E-state index in [2.05, 4.69) is 62.7 Å². The maximum atomic E-state index is 13.3. The first-order valence-corrected chi connectivity index (χ1v) is 15.9. The Labute approximate surface area is 211 Å². The standard InChI is InChI=1S/C25H32N8O2Si/c1-36(2,3)12-11-35-17-33-16-20(15-26)27-24(33)25(34)28-22-10-9-18(14-23-29-31-32-30-23)13-21(22)19-7-5-4-6-8-19/h7,9-10,13,16H,4-6,8,11-12,14,17H2,1-3H3,(H,28,34)(H,29,30,31,32). The molecule has 2 aromatic heterocycles. The summed E-state index contributed by atoms with van der Waals surface area (Å²) in [5.41, 5.74) is 4.11. The molecule has 0 radical (unpaired) electrons. The van der Waals surface area contributed by atoms with Crippen LogP contribution < -0.4 is 5.32 Å². The highest BCUT2D eigenvalue weighted by Gasteiger charge is 2.20. The Morgan fingerprint density at radius 3 is 2.86 bits per heavy atom. The topological polar surface area (TPSA) is 134 Å². The lowest BCUT2D eigenvalue weighted by atomic mass is 9.91. The Balaban J connectivity index is 1.55. The third-order valence-corrected chi connectivity index (χ3v) is 7.75. The normalized spacial score (nSPS) is 13.8. The van der Waals surface area contributed by atoms with E-state index in [0.29, 0.717) is 24.5 Å². The number of carbonyl (C=O) groups is 1. The lowest BCUT2D eigenvalue weighted by Crippen LogP contribution is -2.23. The Morgan fingerprint density at radius 1 is 1.31 bits per heavy atom. The van der Waals surface area contributed by atoms with Crippen LogP contribution in [0.4, 0.5) is 5.69 Å². The van der Waals surface area contributed by atoms with Crippen molar-refractivity contribution in [3.63, 3.8) is 0 Å². The maximum absolute atomic E-state index is 13.3. The van der Waals surface area contributed by atoms with E-state index < -0.39 is 8.07 Å². The summed E-state index contributed by atoms with van der Waals surface area (Å²) < 4.78 is 7.42. The minimum atomic E-state index is -1.23. The molecular weight excluding hydrogens is 472 g/mol. The monoisotopic (exact) mass is 504 g/mol. The second-order valence-corrected chi connectivity index (χ2v) is 15.8. The van der Waals surface area contributed by atoms with Crippen LogP contribution in [0.2, 0.25) is 25.7 Å². The van der Waals surface area contributed by atoms with Crippen molar-refractivity contribution < 1.29 is 9.53 Å². The number of ether oxygens (including phenoxy) is 1. The number of amides is 1. The van der Waals surface area contributed by atoms with Crippen LogP contribution in [0.15, 0.2) is 30.5 Å². The fraction of sp³-hybridized carbons (Fsp3) is 0.440. The van der Waals surface area contributed by atoms with Crippen LogP contribution in [0, 0.1) is 11.3 Å². The van der Waals surface area contributed by atoms with Crippen LogP contribution in [-0.4, -0.2) is 50.8 Å². The van der Waals surface area contributed by atoms with Crippen molar-refractivity contribution in [2.75, 3.05) is 11.9 Å². The summed E-state index contributed by atoms with van der Waals surface area (Å²) in [6.45, 7) is 7.63. The fourth-order valence-electron chi connectivity index (χ4n) is 4.07. The number of aromatic amines is 1. The van der Waals surface area contributed by atoms with E-state index in [9.17, 15) is 10.1 Å². The highest BCUT2D eigenvalue weighted by atomic mass is 28.3. The summed E-state index contributed by atoms with van der Waals surface area (Å²) >= 11 is 0. The predicted octanol–water partition coefficient (Wildman–Crippen LogP) is 4.38. The lowest BCUT2D eigenvalue weighted by Gasteiger charge is -2.19. The van der Waals surface area contributed by atoms with Gasteiger partial charge in [-0.05, 0) is 55.0 Å². The molecule has 11 heteroatoms. The zero-order valence-electron chi connectivity index (χ0n) is 21.0. The number of aromatic nitrogens is 6. The minimum Gasteiger partial charge on any atom is -0.361 e. The molecule has 0 saturated carbocycles. The van der Waals surface area contributed by atoms with Gasteiger partial charge in [0.1, 0.15) is 12.8 Å². The number of nitriles is 1. The summed E-state index contributed by atoms with van der Waals surface area (Å²) in [6.07, 6.45) is 8.58. The van der Waals surface area contributed by atoms with E-state index in [-0.39, 0.29) is 24.2 Å². The molecule has 0 spiro atoms. The zero-order chi connectivity index (χ0) is 25.5. The number of benzene rings is 1. The van der Waals surface area contributed by atoms with Gasteiger partial charge >= 0.3 is 0 Å². The van der Waals surface area contributed by atoms with Crippen molar-refractivity contribution in [3.8, 4) is 6.07 Å². The number of tetrazole rings is 1. The molecule has 1 aliphatic carbocycles. The molecule has 10 nitrogen and oxygen atoms in total. The number of imidazole rings is 1. The van der Waals surface area contributed by atoms with Gasteiger partial charge in [-0.2, -0.15) is 10.5 Å². The first-order valence-electron chi connectivity index (χ1n) is 12.2. The largest absolute Gasteiger partial charge is 0.361 e. The predicted molar refractivity (Wildman–Crippen MR) is 139 cm³/mol. The van der Waals surface area contributed by atoms with Gasteiger partial charge < -0.3 is 14.6 Å². The molecule has 4 rings (SSSR count). The first-order chi connectivity index (χ1) is 17.3. The zero-order valence-corrected chi connectivity index (χ0v) is 22.0. The number of carbonyl (C=O) groups excluding carboxylic acids is 1. The third-order valence-electron chi connectivity index (χ3n) is 6.04. The Kier molecular flexibility index (Phi) is 8.07. The number of rotatable bonds is 10. The molecule has 0 bridgehead atoms. The van der Waals surface area contributed by atoms with Gasteiger partial charge in [-0.15, -0.1) is 10.2 Å². The average molecular weight is 505 g/mol. The molecular formula is C25H32N8O2Si. The van der Waals surface area contributed by atoms with Crippen LogP contribution in [0.5, 0.6) is 0 Å². The highest BCUT2D eigenvalue weighted by Crippen LogP contribution is 2.33. The molecule has 0 fully saturated rings. The summed E-state index contributed by atoms with van der Waals surface area (Å²) in [4.78, 5) is 17.6. The number of allylic oxidation sites excluding steroid dienone is 2. The highest BCUT2D eigenvalue weighted by molar-refractivity contribution is 6.76. The third kappa shape index (κ3) is 6.74. The van der Waals surface area contributed by atoms with Crippen molar-refractivity contribution in [1.29, 1.82) is 5.26 Å². The van der Waals surface area contributed by atoms with Gasteiger partial charge in [0.15, 0.2) is 11.5 Å². The number of anilines is 1. The lowest BCUT2D eigenvalue weighted by molar-refractivity contribution is 0.0808. The second-order valence-electron chi connectivity index (χ2n) is 10.2. The number of H-pyrrole nitrogens is 1. The van der Waals surface area contributed by atoms with Crippen LogP contribution in [-0.2, 0) is 17.9 Å². The van der Waals surface area contributed by atoms with Gasteiger partial charge in [0.05, 0.1) is 0 Å². The molecule has 0 atom stereocenters. The SMILES string of the molecule is C[Si](C)(C)CCOCn1cc(C#N)nc1C(=O)Nc1ccc(Cc2nn[nH]n2)cc1C1=CCCCC1. The molecule has 1 aliphatic rings. The van der Waals surface area contributed by atoms with Crippen LogP contribution in [0.25, 0.3) is 5.57 Å². The Bertz CT molecular complexity index is 1270. The average Bonchev–Trinajstić information content (AvgIpc) is 3.52. The van der Waals surface area contributed by atoms with Gasteiger partial charge in [-0.1, -0.05) is 37.0 Å². The van der Waals surface area contributed by atoms with Gasteiger partial charge in [-0.25, -0.2) is 4.98 Å². The molecule has 0 unspecified atom stereocenters. The van der Waals surface area contributed by atoms with E-state index in [1.807, 2.05) is 18.2 Å². The van der Waals surface area contributed by atoms with Gasteiger partial charge in [-0.3, -0.25) is 4.79 Å². The Hall–Kier alpha value is -3.62. The van der Waals surface area contributed by atoms with E-state index in [4.69, 9.17) is 4.74 Å². The molecule has 2 N–H and O–H groups in total. The first kappa shape index (κ1) is 25.5. The van der Waals surface area contributed by atoms with Crippen molar-refractivity contribution in [2.24, 2.45) is 0 Å². The smallest absolute Gasteiger partial charge is 0.291 e. The van der Waals surface area contributed by atoms with Crippen LogP contribution in [0.3, 0.4) is 0 Å². The van der Waals surface area contributed by atoms with E-state index in [1.54, 1.807) is 10.8 Å². The summed E-state index contributed by atoms with van der Waals surface area (Å²) in [5.74, 6) is 0.378. The van der Waals surface area contributed by atoms with Gasteiger partial charge in [0.25, 0.3) is 5.91 Å². The van der Waals surface area contributed by atoms with Crippen molar-refractivity contribution in [3.05, 3.63) is 58.9 Å². The molecule has 0 saturated heterocycles. The van der Waals surface area contributed by atoms with Gasteiger partial charge in [0.2, 0.25) is 5.82 Å². The molecule has 3 aromatic rings. The maximum Gasteiger partial charge on any atom is 0.291 e. The molecule has 2 heterocycles. The molecule has 36 heavy (non-hydrogen) atoms. The number of hydrogen-bond acceptors (Lipinski definition) is 7. The Morgan fingerprint density at radius 2 is 2.17 bits per heavy atom. The van der Waals surface area contributed by atoms with Crippen molar-refractivity contribution in [2.45, 2.75) is 64.5 Å². The van der Waals surface area contributed by atoms with E-state index >= 15 is 0 Å². The molecule has 1 amide bonds. The van der Waals surface area contributed by atoms with Crippen LogP contribution in [0.1, 0.15) is 58.9 Å². The van der Waals surface area contributed by atoms with Crippen molar-refractivity contribution >= 4 is 25.2 Å². The second kappa shape index (κ2) is 11.4. The van der Waals surface area contributed by atoms with Gasteiger partial charge in [0, 0.05) is 38.5 Å². The van der Waals surface area contributed by atoms with Crippen LogP contribution >= 0.6 is 0 Å². The molecule has 188 valence electrons. The summed E-state index contributed by atoms with van der Waals surface area (Å²) in [7, 11) is -1.23. The summed E-state index contributed by atoms with van der Waals surface area (Å²) in [6, 6.07) is 8.97. The molecule has 1 aromatic carbocycles. The fourth-order valence-corrected chi connectivity index (χ4v) is 4.82. The molecule has 0 aliphatic heterocycles. The number of nitrogens with one attached hydrogen (secondary N) is 2. The number of nitrogens with zero attached hydrogens (tertiary/aromatic N) is 6. The van der Waals surface area contributed by atoms with Crippen molar-refractivity contribution in [1.82, 2.24) is 30.2 Å².